The molecule has 4 aromatic heterocycles. The van der Waals surface area contributed by atoms with E-state index in [0.717, 1.165) is 73.2 Å². The van der Waals surface area contributed by atoms with Gasteiger partial charge in [-0.25, -0.2) is 0 Å². The summed E-state index contributed by atoms with van der Waals surface area (Å²) in [5, 5.41) is 0. The Kier molecular flexibility index (Phi) is 19.9. The molecule has 0 atom stereocenters. The summed E-state index contributed by atoms with van der Waals surface area (Å²) in [4.78, 5) is 0. The number of benzene rings is 8. The summed E-state index contributed by atoms with van der Waals surface area (Å²) in [6.45, 7) is 34.0. The predicted molar refractivity (Wildman–Crippen MR) is 439 cm³/mol. The van der Waals surface area contributed by atoms with Crippen LogP contribution in [0.3, 0.4) is 0 Å². The molecule has 4 heteroatoms. The highest BCUT2D eigenvalue weighted by atomic mass is 15.0. The zero-order valence-corrected chi connectivity index (χ0v) is 65.9. The fourth-order valence-electron chi connectivity index (χ4n) is 15.5. The predicted octanol–water partition coefficient (Wildman–Crippen LogP) is 23.8. The van der Waals surface area contributed by atoms with Crippen molar-refractivity contribution in [1.82, 2.24) is 0 Å². The lowest BCUT2D eigenvalue weighted by molar-refractivity contribution is -0.649. The van der Waals surface area contributed by atoms with Crippen molar-refractivity contribution in [2.24, 2.45) is 28.2 Å². The number of aromatic nitrogens is 4. The van der Waals surface area contributed by atoms with Crippen LogP contribution in [0.25, 0.3) is 90.1 Å². The van der Waals surface area contributed by atoms with Gasteiger partial charge in [0, 0.05) is 104 Å². The maximum atomic E-state index is 7.75. The molecule has 0 spiro atoms. The van der Waals surface area contributed by atoms with Crippen molar-refractivity contribution >= 4 is 0 Å². The standard InChI is InChI=1S/C29H36N.C24H28N.2C23H26N/c1-18-12-13-25(24-10-8-9-11-24)17-27(18)29-23(6)15-22(5)28(30(29)7)26-16-20(3)19(2)14-21(26)4;1-15-11-19(5)21(13-17(15)3)23-9-8-10-24(25(23)7)22-14-18(4)16(2)12-20(22)6;1-15-10-11-20(18(4)12-15)22-8-7-9-23(24(22)6)21-14-17(3)16(2)13-19(21)5;1-15-10-11-16(2)20(12-15)22-8-7-9-23(24(22)6)21-14-18(4)17(3)13-19(21)5/h12-17,24H,8-11H2,1-7H3;8-14H,1-7H3;2*7-14H,1-6H3/q4*+1/i;;2D3;1D3,3D3. The molecule has 1 fully saturated rings. The SMILES string of the molecule is Cc1cc(C)c(-c2c(C)cc(C)c(-c3cc(C4CCCC4)ccc3C)[n+]2C)cc1C.Cc1cc(C)c(-c2cccc(-c3cc(C)c(C)cc3C)[n+]2C)cc1C.[2H]C([2H])([2H])c1cc(C)c(-c2cccc(-c3ccc(C)cc3C)[n+]2C)cc1C.[2H]C([2H])([2H])c1ccc(C)c(-c2cccc(-c3cc(C)c(C([2H])([2H])[2H])cc3C)[n+]2C)c1. The number of hydrogen-bond acceptors (Lipinski definition) is 0. The van der Waals surface area contributed by atoms with Crippen LogP contribution in [0.15, 0.2) is 176 Å². The first-order valence-corrected chi connectivity index (χ1v) is 36.7. The van der Waals surface area contributed by atoms with Crippen LogP contribution in [0.1, 0.15) is 172 Å². The van der Waals surface area contributed by atoms with Crippen molar-refractivity contribution in [2.75, 3.05) is 0 Å². The number of aryl methyl sites for hydroxylation is 22. The molecule has 1 aliphatic rings. The van der Waals surface area contributed by atoms with E-state index >= 15 is 0 Å². The Bertz CT molecular complexity index is 5510. The second kappa shape index (κ2) is 31.9. The average Bonchev–Trinajstić information content (AvgIpc) is 0.900. The van der Waals surface area contributed by atoms with Gasteiger partial charge in [-0.2, -0.15) is 18.3 Å². The molecule has 0 N–H and O–H groups in total. The van der Waals surface area contributed by atoms with Crippen LogP contribution in [-0.2, 0) is 28.2 Å². The molecule has 528 valence electrons. The molecule has 0 amide bonds. The summed E-state index contributed by atoms with van der Waals surface area (Å²) in [6.07, 6.45) is 5.44. The molecule has 4 heterocycles. The lowest BCUT2D eigenvalue weighted by Crippen LogP contribution is -2.36. The minimum absolute atomic E-state index is 0.308. The maximum Gasteiger partial charge on any atom is 0.215 e. The number of pyridine rings is 4. The molecule has 8 aromatic carbocycles. The summed E-state index contributed by atoms with van der Waals surface area (Å²) in [6, 6.07) is 61.5. The van der Waals surface area contributed by atoms with Crippen molar-refractivity contribution in [3.05, 3.63) is 304 Å². The molecule has 0 saturated heterocycles. The Balaban J connectivity index is 0.000000159. The molecule has 0 bridgehead atoms. The normalized spacial score (nSPS) is 13.6. The van der Waals surface area contributed by atoms with E-state index in [1.54, 1.807) is 18.2 Å². The van der Waals surface area contributed by atoms with Crippen molar-refractivity contribution in [3.8, 4) is 90.1 Å². The van der Waals surface area contributed by atoms with Crippen molar-refractivity contribution < 1.29 is 30.6 Å². The maximum absolute atomic E-state index is 7.75. The van der Waals surface area contributed by atoms with Crippen molar-refractivity contribution in [1.29, 1.82) is 0 Å². The van der Waals surface area contributed by atoms with E-state index in [9.17, 15) is 0 Å². The molecule has 1 aliphatic carbocycles. The number of hydrogen-bond donors (Lipinski definition) is 0. The Morgan fingerprint density at radius 2 is 0.534 bits per heavy atom. The van der Waals surface area contributed by atoms with Crippen LogP contribution >= 0.6 is 0 Å². The van der Waals surface area contributed by atoms with E-state index < -0.39 is 20.6 Å². The third-order valence-electron chi connectivity index (χ3n) is 22.1. The zero-order valence-electron chi connectivity index (χ0n) is 74.9. The van der Waals surface area contributed by atoms with Gasteiger partial charge in [-0.3, -0.25) is 0 Å². The smallest absolute Gasteiger partial charge is 0.194 e. The van der Waals surface area contributed by atoms with Crippen molar-refractivity contribution in [2.45, 2.75) is 184 Å². The van der Waals surface area contributed by atoms with E-state index in [0.29, 0.717) is 16.7 Å². The highest BCUT2D eigenvalue weighted by Gasteiger charge is 2.28. The van der Waals surface area contributed by atoms with Gasteiger partial charge in [0.25, 0.3) is 0 Å². The molecular weight excluding hydrogens is 1250 g/mol. The zero-order chi connectivity index (χ0) is 82.2. The quantitative estimate of drug-likeness (QED) is 0.128. The second-order valence-electron chi connectivity index (χ2n) is 30.0. The van der Waals surface area contributed by atoms with Crippen LogP contribution in [-0.4, -0.2) is 0 Å². The minimum atomic E-state index is -2.17. The van der Waals surface area contributed by atoms with Crippen LogP contribution in [0.2, 0.25) is 0 Å². The van der Waals surface area contributed by atoms with Crippen molar-refractivity contribution in [3.63, 3.8) is 0 Å². The fourth-order valence-corrected chi connectivity index (χ4v) is 15.5. The van der Waals surface area contributed by atoms with Gasteiger partial charge in [0.1, 0.15) is 28.2 Å². The van der Waals surface area contributed by atoms with Gasteiger partial charge in [-0.15, -0.1) is 0 Å². The molecular formula is C99H116N4+4. The first kappa shape index (κ1) is 64.2. The monoisotopic (exact) mass is 1370 g/mol. The first-order valence-electron chi connectivity index (χ1n) is 41.2. The molecule has 4 nitrogen and oxygen atoms in total. The second-order valence-corrected chi connectivity index (χ2v) is 30.0. The number of nitrogens with zero attached hydrogens (tertiary/aromatic N) is 4. The average molecular weight is 1370 g/mol. The number of rotatable bonds is 9. The topological polar surface area (TPSA) is 15.5 Å². The summed E-state index contributed by atoms with van der Waals surface area (Å²) in [5.74, 6) is 0.738. The summed E-state index contributed by atoms with van der Waals surface area (Å²) >= 11 is 0. The summed E-state index contributed by atoms with van der Waals surface area (Å²) in [5.41, 5.74) is 44.4. The van der Waals surface area contributed by atoms with Crippen LogP contribution < -0.4 is 18.3 Å². The van der Waals surface area contributed by atoms with Gasteiger partial charge in [0.15, 0.2) is 0 Å². The van der Waals surface area contributed by atoms with Gasteiger partial charge in [-0.1, -0.05) is 90.7 Å². The molecule has 0 aliphatic heterocycles. The van der Waals surface area contributed by atoms with Gasteiger partial charge >= 0.3 is 0 Å². The highest BCUT2D eigenvalue weighted by Crippen LogP contribution is 2.39. The Morgan fingerprint density at radius 1 is 0.233 bits per heavy atom. The lowest BCUT2D eigenvalue weighted by Gasteiger charge is -2.17. The highest BCUT2D eigenvalue weighted by molar-refractivity contribution is 5.74. The first-order chi connectivity index (χ1) is 52.5. The largest absolute Gasteiger partial charge is 0.215 e. The Hall–Kier alpha value is -9.64. The van der Waals surface area contributed by atoms with E-state index in [1.807, 2.05) is 88.7 Å². The molecule has 0 radical (unpaired) electrons. The summed E-state index contributed by atoms with van der Waals surface area (Å²) < 4.78 is 78.7. The minimum Gasteiger partial charge on any atom is -0.194 e. The molecule has 12 aromatic rings. The van der Waals surface area contributed by atoms with Gasteiger partial charge in [0.05, 0.1) is 0 Å². The Labute approximate surface area is 633 Å². The lowest BCUT2D eigenvalue weighted by atomic mass is 9.90. The van der Waals surface area contributed by atoms with Crippen LogP contribution in [0, 0.1) is 152 Å². The van der Waals surface area contributed by atoms with Gasteiger partial charge < -0.3 is 0 Å². The Morgan fingerprint density at radius 3 is 0.932 bits per heavy atom. The third-order valence-corrected chi connectivity index (χ3v) is 22.1. The van der Waals surface area contributed by atoms with Crippen LogP contribution in [0.4, 0.5) is 0 Å². The van der Waals surface area contributed by atoms with E-state index in [1.165, 1.54) is 160 Å². The third kappa shape index (κ3) is 16.4. The molecule has 13 rings (SSSR count). The molecule has 103 heavy (non-hydrogen) atoms. The van der Waals surface area contributed by atoms with Gasteiger partial charge in [-0.05, 0) is 349 Å². The fraction of sp³-hybridized carbons (Fsp3) is 0.313. The van der Waals surface area contributed by atoms with E-state index in [2.05, 4.69) is 247 Å². The van der Waals surface area contributed by atoms with Crippen LogP contribution in [0.5, 0.6) is 0 Å². The molecule has 1 saturated carbocycles. The van der Waals surface area contributed by atoms with E-state index in [-0.39, 0.29) is 0 Å². The van der Waals surface area contributed by atoms with E-state index in [4.69, 9.17) is 12.3 Å². The summed E-state index contributed by atoms with van der Waals surface area (Å²) in [7, 11) is 8.43. The molecule has 0 unspecified atom stereocenters. The van der Waals surface area contributed by atoms with Gasteiger partial charge in [0.2, 0.25) is 45.6 Å².